The van der Waals surface area contributed by atoms with Crippen molar-refractivity contribution in [3.05, 3.63) is 59.9 Å². The lowest BCUT2D eigenvalue weighted by Crippen LogP contribution is -2.35. The number of nitrogens with zero attached hydrogens (tertiary/aromatic N) is 4. The maximum absolute atomic E-state index is 13.8. The van der Waals surface area contributed by atoms with Crippen LogP contribution in [0.1, 0.15) is 42.4 Å². The largest absolute Gasteiger partial charge is 0.437 e. The Kier molecular flexibility index (Phi) is 7.99. The number of rotatable bonds is 6. The minimum Gasteiger partial charge on any atom is -0.417 e. The van der Waals surface area contributed by atoms with Crippen LogP contribution >= 0.6 is 0 Å². The van der Waals surface area contributed by atoms with Gasteiger partial charge in [0, 0.05) is 32.2 Å². The molecule has 2 atom stereocenters. The van der Waals surface area contributed by atoms with Crippen LogP contribution in [0.5, 0.6) is 0 Å². The number of hydrogen-bond donors (Lipinski definition) is 3. The number of aromatic nitrogens is 2. The van der Waals surface area contributed by atoms with Crippen LogP contribution < -0.4 is 20.9 Å². The Labute approximate surface area is 233 Å². The fraction of sp³-hybridized carbons (Fsp3) is 0.407. The summed E-state index contributed by atoms with van der Waals surface area (Å²) in [5.41, 5.74) is -1.12. The first-order valence-corrected chi connectivity index (χ1v) is 13.2. The molecule has 5 rings (SSSR count). The van der Waals surface area contributed by atoms with E-state index in [1.807, 2.05) is 6.92 Å². The van der Waals surface area contributed by atoms with Crippen LogP contribution in [-0.4, -0.2) is 59.0 Å². The molecule has 3 aromatic rings. The fourth-order valence-corrected chi connectivity index (χ4v) is 4.92. The lowest BCUT2D eigenvalue weighted by molar-refractivity contribution is -0.141. The van der Waals surface area contributed by atoms with Gasteiger partial charge in [-0.2, -0.15) is 18.2 Å². The van der Waals surface area contributed by atoms with Crippen molar-refractivity contribution in [1.29, 1.82) is 0 Å². The standard InChI is InChI=1S/C27H29F4N7O3/c1-16-5-4-11-38(14-16)26-36-23(27(29,30)31)22(41-26)24(39)34-17-8-9-21(32-13-17)33-18-10-12-37(15-18)25(40)35-20-7-3-2-6-19(20)28/h2-3,6-9,13,16,18H,4-5,10-12,14-15H2,1H3,(H,32,33)(H,34,39)(H,35,40). The molecular formula is C27H29F4N7O3. The van der Waals surface area contributed by atoms with Gasteiger partial charge in [-0.15, -0.1) is 0 Å². The van der Waals surface area contributed by atoms with Crippen molar-refractivity contribution in [2.75, 3.05) is 47.0 Å². The molecule has 2 fully saturated rings. The normalized spacial score (nSPS) is 19.2. The number of anilines is 4. The third kappa shape index (κ3) is 6.69. The Morgan fingerprint density at radius 3 is 2.56 bits per heavy atom. The zero-order chi connectivity index (χ0) is 29.1. The van der Waals surface area contributed by atoms with Gasteiger partial charge in [0.15, 0.2) is 5.69 Å². The topological polar surface area (TPSA) is 116 Å². The van der Waals surface area contributed by atoms with E-state index in [0.717, 1.165) is 12.8 Å². The molecule has 2 unspecified atom stereocenters. The van der Waals surface area contributed by atoms with Gasteiger partial charge in [0.1, 0.15) is 11.6 Å². The van der Waals surface area contributed by atoms with E-state index in [1.54, 1.807) is 21.9 Å². The van der Waals surface area contributed by atoms with Crippen molar-refractivity contribution in [2.24, 2.45) is 5.92 Å². The number of nitrogens with one attached hydrogen (secondary N) is 3. The zero-order valence-electron chi connectivity index (χ0n) is 22.2. The highest BCUT2D eigenvalue weighted by atomic mass is 19.4. The minimum absolute atomic E-state index is 0.0956. The molecule has 1 aromatic carbocycles. The van der Waals surface area contributed by atoms with E-state index in [1.165, 1.54) is 30.5 Å². The molecule has 4 heterocycles. The summed E-state index contributed by atoms with van der Waals surface area (Å²) >= 11 is 0. The van der Waals surface area contributed by atoms with Gasteiger partial charge in [0.25, 0.3) is 11.9 Å². The number of oxazole rings is 1. The highest BCUT2D eigenvalue weighted by Crippen LogP contribution is 2.35. The van der Waals surface area contributed by atoms with E-state index in [9.17, 15) is 27.2 Å². The Hall–Kier alpha value is -4.36. The van der Waals surface area contributed by atoms with E-state index >= 15 is 0 Å². The first-order chi connectivity index (χ1) is 19.6. The van der Waals surface area contributed by atoms with Gasteiger partial charge >= 0.3 is 12.2 Å². The van der Waals surface area contributed by atoms with E-state index in [2.05, 4.69) is 25.9 Å². The second-order valence-electron chi connectivity index (χ2n) is 10.2. The van der Waals surface area contributed by atoms with Crippen molar-refractivity contribution < 1.29 is 31.6 Å². The summed E-state index contributed by atoms with van der Waals surface area (Å²) in [6, 6.07) is 8.16. The van der Waals surface area contributed by atoms with Crippen LogP contribution in [0.4, 0.5) is 45.6 Å². The van der Waals surface area contributed by atoms with Gasteiger partial charge in [-0.3, -0.25) is 4.79 Å². The molecule has 2 aliphatic heterocycles. The second kappa shape index (κ2) is 11.6. The lowest BCUT2D eigenvalue weighted by atomic mass is 10.0. The van der Waals surface area contributed by atoms with Crippen LogP contribution in [0.15, 0.2) is 47.0 Å². The average Bonchev–Trinajstić information content (AvgIpc) is 3.59. The molecule has 2 aromatic heterocycles. The van der Waals surface area contributed by atoms with Gasteiger partial charge in [-0.25, -0.2) is 14.2 Å². The molecule has 218 valence electrons. The minimum atomic E-state index is -4.87. The monoisotopic (exact) mass is 575 g/mol. The predicted octanol–water partition coefficient (Wildman–Crippen LogP) is 5.43. The highest BCUT2D eigenvalue weighted by molar-refractivity contribution is 6.03. The Balaban J connectivity index is 1.18. The van der Waals surface area contributed by atoms with Gasteiger partial charge < -0.3 is 30.2 Å². The number of alkyl halides is 3. The van der Waals surface area contributed by atoms with E-state index in [0.29, 0.717) is 38.4 Å². The van der Waals surface area contributed by atoms with Crippen molar-refractivity contribution in [3.63, 3.8) is 0 Å². The fourth-order valence-electron chi connectivity index (χ4n) is 4.92. The molecule has 14 heteroatoms. The summed E-state index contributed by atoms with van der Waals surface area (Å²) in [7, 11) is 0. The molecule has 41 heavy (non-hydrogen) atoms. The first kappa shape index (κ1) is 28.2. The van der Waals surface area contributed by atoms with Gasteiger partial charge in [0.2, 0.25) is 5.76 Å². The van der Waals surface area contributed by atoms with E-state index in [-0.39, 0.29) is 29.3 Å². The number of amides is 3. The summed E-state index contributed by atoms with van der Waals surface area (Å²) in [6.45, 7) is 3.78. The number of likely N-dealkylation sites (tertiary alicyclic amines) is 1. The number of halogens is 4. The summed E-state index contributed by atoms with van der Waals surface area (Å²) < 4.78 is 60.2. The molecular weight excluding hydrogens is 546 g/mol. The van der Waals surface area contributed by atoms with Gasteiger partial charge in [-0.05, 0) is 49.4 Å². The third-order valence-corrected chi connectivity index (χ3v) is 6.98. The molecule has 2 saturated heterocycles. The summed E-state index contributed by atoms with van der Waals surface area (Å²) in [5, 5.41) is 8.13. The van der Waals surface area contributed by atoms with Crippen LogP contribution in [0.25, 0.3) is 0 Å². The number of para-hydroxylation sites is 1. The number of carbonyl (C=O) groups excluding carboxylic acids is 2. The molecule has 0 bridgehead atoms. The molecule has 10 nitrogen and oxygen atoms in total. The maximum Gasteiger partial charge on any atom is 0.437 e. The van der Waals surface area contributed by atoms with Crippen molar-refractivity contribution in [2.45, 2.75) is 38.4 Å². The Bertz CT molecular complexity index is 1400. The van der Waals surface area contributed by atoms with Crippen molar-refractivity contribution in [1.82, 2.24) is 14.9 Å². The van der Waals surface area contributed by atoms with Crippen LogP contribution in [0, 0.1) is 11.7 Å². The Morgan fingerprint density at radius 1 is 1.05 bits per heavy atom. The van der Waals surface area contributed by atoms with Crippen molar-refractivity contribution >= 4 is 35.1 Å². The smallest absolute Gasteiger partial charge is 0.417 e. The summed E-state index contributed by atoms with van der Waals surface area (Å²) in [4.78, 5) is 36.3. The second-order valence-corrected chi connectivity index (χ2v) is 10.2. The van der Waals surface area contributed by atoms with E-state index in [4.69, 9.17) is 4.42 Å². The summed E-state index contributed by atoms with van der Waals surface area (Å²) in [5.74, 6) is -1.81. The predicted molar refractivity (Wildman–Crippen MR) is 143 cm³/mol. The average molecular weight is 576 g/mol. The molecule has 0 aliphatic carbocycles. The number of hydrogen-bond acceptors (Lipinski definition) is 7. The lowest BCUT2D eigenvalue weighted by Gasteiger charge is -2.29. The number of carbonyl (C=O) groups is 2. The quantitative estimate of drug-likeness (QED) is 0.336. The maximum atomic E-state index is 13.8. The first-order valence-electron chi connectivity index (χ1n) is 13.2. The highest BCUT2D eigenvalue weighted by Gasteiger charge is 2.42. The third-order valence-electron chi connectivity index (χ3n) is 6.98. The molecule has 0 spiro atoms. The number of piperidine rings is 1. The van der Waals surface area contributed by atoms with Crippen LogP contribution in [0.2, 0.25) is 0 Å². The molecule has 3 N–H and O–H groups in total. The van der Waals surface area contributed by atoms with Crippen LogP contribution in [-0.2, 0) is 6.18 Å². The van der Waals surface area contributed by atoms with Gasteiger partial charge in [-0.1, -0.05) is 19.1 Å². The number of pyridine rings is 1. The zero-order valence-corrected chi connectivity index (χ0v) is 22.2. The SMILES string of the molecule is CC1CCCN(c2nc(C(F)(F)F)c(C(=O)Nc3ccc(NC4CCN(C(=O)Nc5ccccc5F)C4)nc3)o2)C1. The number of urea groups is 1. The molecule has 2 aliphatic rings. The summed E-state index contributed by atoms with van der Waals surface area (Å²) in [6.07, 6.45) is -1.21. The van der Waals surface area contributed by atoms with Gasteiger partial charge in [0.05, 0.1) is 17.6 Å². The molecule has 0 radical (unpaired) electrons. The van der Waals surface area contributed by atoms with E-state index < -0.39 is 35.4 Å². The molecule has 0 saturated carbocycles. The van der Waals surface area contributed by atoms with Crippen molar-refractivity contribution in [3.8, 4) is 0 Å². The molecule has 3 amide bonds. The van der Waals surface area contributed by atoms with Crippen LogP contribution in [0.3, 0.4) is 0 Å². The Morgan fingerprint density at radius 2 is 1.85 bits per heavy atom. The number of benzene rings is 1.